The van der Waals surface area contributed by atoms with Crippen molar-refractivity contribution < 1.29 is 80.2 Å². The van der Waals surface area contributed by atoms with Crippen LogP contribution in [0.25, 0.3) is 0 Å². The Morgan fingerprint density at radius 3 is 0.697 bits per heavy atom. The topological polar surface area (TPSA) is 237 Å². The summed E-state index contributed by atoms with van der Waals surface area (Å²) >= 11 is 0. The van der Waals surface area contributed by atoms with Crippen LogP contribution in [0.1, 0.15) is 344 Å². The lowest BCUT2D eigenvalue weighted by Gasteiger charge is -2.21. The molecular formula is C70H136O17P2. The average Bonchev–Trinajstić information content (AvgIpc) is 3.68. The van der Waals surface area contributed by atoms with Gasteiger partial charge in [0.05, 0.1) is 26.4 Å². The third-order valence-electron chi connectivity index (χ3n) is 16.1. The second-order valence-corrected chi connectivity index (χ2v) is 30.1. The second kappa shape index (κ2) is 59.8. The van der Waals surface area contributed by atoms with Crippen LogP contribution in [0.2, 0.25) is 0 Å². The summed E-state index contributed by atoms with van der Waals surface area (Å²) in [5, 5.41) is 10.6. The van der Waals surface area contributed by atoms with Crippen LogP contribution in [0.5, 0.6) is 0 Å². The molecule has 0 aromatic rings. The molecule has 0 bridgehead atoms. The molecule has 0 fully saturated rings. The van der Waals surface area contributed by atoms with Crippen LogP contribution in [0, 0.1) is 23.7 Å². The van der Waals surface area contributed by atoms with E-state index >= 15 is 0 Å². The van der Waals surface area contributed by atoms with Gasteiger partial charge in [-0.25, -0.2) is 9.13 Å². The number of rotatable bonds is 67. The Morgan fingerprint density at radius 1 is 0.281 bits per heavy atom. The first-order valence-electron chi connectivity index (χ1n) is 36.2. The summed E-state index contributed by atoms with van der Waals surface area (Å²) < 4.78 is 68.3. The van der Waals surface area contributed by atoms with E-state index < -0.39 is 97.5 Å². The molecule has 19 heteroatoms. The monoisotopic (exact) mass is 1310 g/mol. The van der Waals surface area contributed by atoms with E-state index in [1.807, 2.05) is 0 Å². The van der Waals surface area contributed by atoms with E-state index in [9.17, 15) is 43.2 Å². The molecule has 0 rings (SSSR count). The minimum Gasteiger partial charge on any atom is -0.462 e. The number of carbonyl (C=O) groups excluding carboxylic acids is 4. The molecule has 0 heterocycles. The first-order valence-corrected chi connectivity index (χ1v) is 39.2. The molecule has 0 radical (unpaired) electrons. The van der Waals surface area contributed by atoms with Gasteiger partial charge in [-0.3, -0.25) is 37.3 Å². The number of phosphoric ester groups is 2. The Hall–Kier alpha value is -1.94. The molecule has 528 valence electrons. The summed E-state index contributed by atoms with van der Waals surface area (Å²) in [6.07, 6.45) is 41.8. The van der Waals surface area contributed by atoms with Gasteiger partial charge in [0.2, 0.25) is 0 Å². The van der Waals surface area contributed by atoms with Crippen molar-refractivity contribution >= 4 is 39.5 Å². The number of aliphatic hydroxyl groups is 1. The largest absolute Gasteiger partial charge is 0.472 e. The van der Waals surface area contributed by atoms with Crippen LogP contribution in [-0.4, -0.2) is 96.7 Å². The van der Waals surface area contributed by atoms with Crippen molar-refractivity contribution in [3.63, 3.8) is 0 Å². The van der Waals surface area contributed by atoms with Gasteiger partial charge in [0.1, 0.15) is 19.3 Å². The maximum Gasteiger partial charge on any atom is 0.472 e. The van der Waals surface area contributed by atoms with Gasteiger partial charge in [-0.15, -0.1) is 0 Å². The van der Waals surface area contributed by atoms with Crippen molar-refractivity contribution in [1.29, 1.82) is 0 Å². The Bertz CT molecular complexity index is 1760. The zero-order valence-electron chi connectivity index (χ0n) is 58.1. The maximum atomic E-state index is 13.0. The average molecular weight is 1310 g/mol. The van der Waals surface area contributed by atoms with Crippen LogP contribution in [0.3, 0.4) is 0 Å². The standard InChI is InChI=1S/C70H136O17P2/c1-60(2)46-38-30-22-16-11-9-10-12-19-25-34-42-50-67(72)80-56-65(86-70(75)53-45-37-27-21-15-18-24-32-40-48-62(5)6)58-84-88(76,77)82-54-64(71)55-83-89(78,79)85-59-66(57-81-68(73)51-43-35-29-28-33-41-49-63(7)8)87-69(74)52-44-36-26-20-14-13-17-23-31-39-47-61(3)4/h60-66,71H,9-59H2,1-8H3,(H,76,77)(H,78,79)/t64-,65-,66-/m1/s1. The number of hydrogen-bond donors (Lipinski definition) is 3. The molecule has 2 unspecified atom stereocenters. The van der Waals surface area contributed by atoms with Crippen molar-refractivity contribution in [2.45, 2.75) is 363 Å². The van der Waals surface area contributed by atoms with Gasteiger partial charge >= 0.3 is 39.5 Å². The van der Waals surface area contributed by atoms with E-state index in [0.717, 1.165) is 114 Å². The molecule has 17 nitrogen and oxygen atoms in total. The van der Waals surface area contributed by atoms with Crippen LogP contribution < -0.4 is 0 Å². The first kappa shape index (κ1) is 87.1. The molecule has 0 aliphatic carbocycles. The van der Waals surface area contributed by atoms with E-state index in [4.69, 9.17) is 37.0 Å². The molecule has 0 aromatic heterocycles. The molecule has 89 heavy (non-hydrogen) atoms. The molecule has 5 atom stereocenters. The number of hydrogen-bond acceptors (Lipinski definition) is 15. The minimum atomic E-state index is -4.95. The molecule has 0 saturated heterocycles. The lowest BCUT2D eigenvalue weighted by molar-refractivity contribution is -0.161. The van der Waals surface area contributed by atoms with Crippen LogP contribution in [-0.2, 0) is 65.4 Å². The van der Waals surface area contributed by atoms with Gasteiger partial charge in [-0.2, -0.15) is 0 Å². The third-order valence-corrected chi connectivity index (χ3v) is 18.0. The summed E-state index contributed by atoms with van der Waals surface area (Å²) in [7, 11) is -9.90. The number of esters is 4. The molecule has 0 aromatic carbocycles. The smallest absolute Gasteiger partial charge is 0.462 e. The van der Waals surface area contributed by atoms with Crippen LogP contribution in [0.15, 0.2) is 0 Å². The highest BCUT2D eigenvalue weighted by atomic mass is 31.2. The van der Waals surface area contributed by atoms with Gasteiger partial charge in [0.25, 0.3) is 0 Å². The molecule has 0 aliphatic heterocycles. The van der Waals surface area contributed by atoms with Gasteiger partial charge < -0.3 is 33.8 Å². The number of carbonyl (C=O) groups is 4. The molecule has 0 saturated carbocycles. The van der Waals surface area contributed by atoms with Crippen molar-refractivity contribution in [1.82, 2.24) is 0 Å². The van der Waals surface area contributed by atoms with Crippen LogP contribution >= 0.6 is 15.6 Å². The summed E-state index contributed by atoms with van der Waals surface area (Å²) in [5.41, 5.74) is 0. The molecule has 0 amide bonds. The predicted octanol–water partition coefficient (Wildman–Crippen LogP) is 19.7. The summed E-state index contributed by atoms with van der Waals surface area (Å²) in [6, 6.07) is 0. The highest BCUT2D eigenvalue weighted by Crippen LogP contribution is 2.45. The predicted molar refractivity (Wildman–Crippen MR) is 358 cm³/mol. The normalized spacial score (nSPS) is 14.3. The van der Waals surface area contributed by atoms with Crippen molar-refractivity contribution in [2.75, 3.05) is 39.6 Å². The fourth-order valence-corrected chi connectivity index (χ4v) is 12.1. The molecule has 3 N–H and O–H groups in total. The lowest BCUT2D eigenvalue weighted by Crippen LogP contribution is -2.30. The van der Waals surface area contributed by atoms with Crippen molar-refractivity contribution in [2.24, 2.45) is 23.7 Å². The van der Waals surface area contributed by atoms with E-state index in [1.165, 1.54) is 141 Å². The number of unbranched alkanes of at least 4 members (excludes halogenated alkanes) is 33. The molecule has 0 aliphatic rings. The fourth-order valence-electron chi connectivity index (χ4n) is 10.5. The summed E-state index contributed by atoms with van der Waals surface area (Å²) in [6.45, 7) is 14.0. The molecular weight excluding hydrogens is 1170 g/mol. The Kier molecular flexibility index (Phi) is 58.5. The zero-order valence-corrected chi connectivity index (χ0v) is 59.8. The number of ether oxygens (including phenoxy) is 4. The van der Waals surface area contributed by atoms with E-state index in [1.54, 1.807) is 0 Å². The SMILES string of the molecule is CC(C)CCCCCCCCCCCCCCC(=O)OC[C@H](COP(=O)(O)OC[C@@H](O)COP(=O)(O)OC[C@@H](COC(=O)CCCCCCCCC(C)C)OC(=O)CCCCCCCCCCCCC(C)C)OC(=O)CCCCCCCCCCCC(C)C. The third kappa shape index (κ3) is 64.6. The summed E-state index contributed by atoms with van der Waals surface area (Å²) in [5.74, 6) is 0.818. The highest BCUT2D eigenvalue weighted by Gasteiger charge is 2.30. The van der Waals surface area contributed by atoms with E-state index in [0.29, 0.717) is 31.6 Å². The second-order valence-electron chi connectivity index (χ2n) is 27.2. The lowest BCUT2D eigenvalue weighted by atomic mass is 10.0. The van der Waals surface area contributed by atoms with Gasteiger partial charge in [-0.05, 0) is 49.4 Å². The van der Waals surface area contributed by atoms with E-state index in [2.05, 4.69) is 55.4 Å². The van der Waals surface area contributed by atoms with E-state index in [-0.39, 0.29) is 25.7 Å². The van der Waals surface area contributed by atoms with Gasteiger partial charge in [-0.1, -0.05) is 293 Å². The first-order chi connectivity index (χ1) is 42.6. The summed E-state index contributed by atoms with van der Waals surface area (Å²) in [4.78, 5) is 72.5. The molecule has 0 spiro atoms. The van der Waals surface area contributed by atoms with Gasteiger partial charge in [0, 0.05) is 25.7 Å². The number of phosphoric acid groups is 2. The zero-order chi connectivity index (χ0) is 66.1. The van der Waals surface area contributed by atoms with Crippen LogP contribution in [0.4, 0.5) is 0 Å². The maximum absolute atomic E-state index is 13.0. The van der Waals surface area contributed by atoms with Crippen molar-refractivity contribution in [3.05, 3.63) is 0 Å². The van der Waals surface area contributed by atoms with Crippen molar-refractivity contribution in [3.8, 4) is 0 Å². The Labute approximate surface area is 543 Å². The fraction of sp³-hybridized carbons (Fsp3) is 0.943. The number of aliphatic hydroxyl groups excluding tert-OH is 1. The highest BCUT2D eigenvalue weighted by molar-refractivity contribution is 7.47. The minimum absolute atomic E-state index is 0.104. The van der Waals surface area contributed by atoms with Gasteiger partial charge in [0.15, 0.2) is 12.2 Å². The Balaban J connectivity index is 5.24. The quantitative estimate of drug-likeness (QED) is 0.0222. The Morgan fingerprint density at radius 2 is 0.472 bits per heavy atom.